The van der Waals surface area contributed by atoms with Crippen LogP contribution in [0.3, 0.4) is 0 Å². The zero-order valence-electron chi connectivity index (χ0n) is 9.39. The summed E-state index contributed by atoms with van der Waals surface area (Å²) >= 11 is 0. The first kappa shape index (κ1) is 10.7. The van der Waals surface area contributed by atoms with Crippen LogP contribution in [-0.4, -0.2) is 35.8 Å². The summed E-state index contributed by atoms with van der Waals surface area (Å²) in [5, 5.41) is 9.71. The third-order valence-electron chi connectivity index (χ3n) is 3.29. The highest BCUT2D eigenvalue weighted by Crippen LogP contribution is 2.20. The van der Waals surface area contributed by atoms with E-state index in [1.807, 2.05) is 0 Å². The van der Waals surface area contributed by atoms with Crippen LogP contribution in [0.15, 0.2) is 30.3 Å². The van der Waals surface area contributed by atoms with Gasteiger partial charge >= 0.3 is 0 Å². The molecule has 1 aromatic carbocycles. The van der Waals surface area contributed by atoms with E-state index in [2.05, 4.69) is 37.4 Å². The van der Waals surface area contributed by atoms with Crippen LogP contribution in [0.2, 0.25) is 0 Å². The van der Waals surface area contributed by atoms with Gasteiger partial charge in [0, 0.05) is 5.56 Å². The van der Waals surface area contributed by atoms with Crippen molar-refractivity contribution < 1.29 is 9.59 Å². The summed E-state index contributed by atoms with van der Waals surface area (Å²) in [4.78, 5) is 0. The first-order valence-corrected chi connectivity index (χ1v) is 5.73. The predicted octanol–water partition coefficient (Wildman–Crippen LogP) is 1.79. The fourth-order valence-electron chi connectivity index (χ4n) is 2.57. The number of quaternary nitrogens is 1. The van der Waals surface area contributed by atoms with E-state index in [1.165, 1.54) is 12.1 Å². The average Bonchev–Trinajstić information content (AvgIpc) is 2.18. The van der Waals surface area contributed by atoms with E-state index in [-0.39, 0.29) is 6.10 Å². The van der Waals surface area contributed by atoms with Crippen LogP contribution in [0, 0.1) is 0 Å². The highest BCUT2D eigenvalue weighted by Gasteiger charge is 2.29. The minimum atomic E-state index is -0.104. The van der Waals surface area contributed by atoms with Gasteiger partial charge in [-0.05, 0) is 12.8 Å². The van der Waals surface area contributed by atoms with Crippen molar-refractivity contribution >= 4 is 0 Å². The Morgan fingerprint density at radius 2 is 2.07 bits per heavy atom. The fourth-order valence-corrected chi connectivity index (χ4v) is 2.57. The summed E-state index contributed by atoms with van der Waals surface area (Å²) in [5.74, 6) is 0. The molecule has 0 aromatic heterocycles. The van der Waals surface area contributed by atoms with Gasteiger partial charge in [-0.2, -0.15) is 0 Å². The van der Waals surface area contributed by atoms with Gasteiger partial charge in [0.2, 0.25) is 0 Å². The molecule has 1 N–H and O–H groups in total. The summed E-state index contributed by atoms with van der Waals surface area (Å²) in [7, 11) is 2.25. The molecular formula is C13H20NO+. The molecule has 1 aromatic rings. The molecule has 2 atom stereocenters. The number of aliphatic hydroxyl groups excluding tert-OH is 1. The third-order valence-corrected chi connectivity index (χ3v) is 3.29. The van der Waals surface area contributed by atoms with Gasteiger partial charge in [0.25, 0.3) is 0 Å². The Hall–Kier alpha value is -0.860. The molecule has 2 heteroatoms. The van der Waals surface area contributed by atoms with Gasteiger partial charge < -0.3 is 9.59 Å². The highest BCUT2D eigenvalue weighted by molar-refractivity contribution is 5.13. The van der Waals surface area contributed by atoms with Gasteiger partial charge in [-0.1, -0.05) is 30.3 Å². The molecule has 1 aliphatic heterocycles. The van der Waals surface area contributed by atoms with Gasteiger partial charge in [-0.15, -0.1) is 0 Å². The Bertz CT molecular complexity index is 312. The molecule has 0 spiro atoms. The number of piperidine rings is 1. The molecule has 1 unspecified atom stereocenters. The lowest BCUT2D eigenvalue weighted by molar-refractivity contribution is -0.930. The molecule has 82 valence electrons. The average molecular weight is 206 g/mol. The van der Waals surface area contributed by atoms with Gasteiger partial charge in [0.1, 0.15) is 19.2 Å². The number of likely N-dealkylation sites (tertiary alicyclic amines) is 1. The number of hydrogen-bond acceptors (Lipinski definition) is 1. The predicted molar refractivity (Wildman–Crippen MR) is 61.3 cm³/mol. The van der Waals surface area contributed by atoms with Crippen molar-refractivity contribution in [2.75, 3.05) is 20.1 Å². The van der Waals surface area contributed by atoms with Gasteiger partial charge in [0.05, 0.1) is 13.6 Å². The second-order valence-corrected chi connectivity index (χ2v) is 4.97. The van der Waals surface area contributed by atoms with Crippen LogP contribution in [-0.2, 0) is 6.54 Å². The molecule has 0 saturated carbocycles. The van der Waals surface area contributed by atoms with Crippen molar-refractivity contribution in [1.29, 1.82) is 0 Å². The van der Waals surface area contributed by atoms with Crippen molar-refractivity contribution in [2.45, 2.75) is 25.5 Å². The van der Waals surface area contributed by atoms with E-state index in [9.17, 15) is 5.11 Å². The number of nitrogens with zero attached hydrogens (tertiary/aromatic N) is 1. The highest BCUT2D eigenvalue weighted by atomic mass is 16.3. The zero-order chi connectivity index (χ0) is 10.7. The molecular weight excluding hydrogens is 186 g/mol. The van der Waals surface area contributed by atoms with Crippen molar-refractivity contribution in [3.8, 4) is 0 Å². The minimum absolute atomic E-state index is 0.104. The summed E-state index contributed by atoms with van der Waals surface area (Å²) in [6, 6.07) is 10.6. The lowest BCUT2D eigenvalue weighted by Gasteiger charge is -2.39. The maximum Gasteiger partial charge on any atom is 0.105 e. The minimum Gasteiger partial charge on any atom is -0.387 e. The van der Waals surface area contributed by atoms with E-state index < -0.39 is 0 Å². The SMILES string of the molecule is C[N+]1(Cc2ccccc2)CCC[C@@H](O)C1. The molecule has 1 heterocycles. The summed E-state index contributed by atoms with van der Waals surface area (Å²) in [6.07, 6.45) is 2.01. The quantitative estimate of drug-likeness (QED) is 0.731. The molecule has 2 rings (SSSR count). The smallest absolute Gasteiger partial charge is 0.105 e. The Morgan fingerprint density at radius 1 is 1.33 bits per heavy atom. The maximum absolute atomic E-state index is 9.71. The number of aliphatic hydroxyl groups is 1. The molecule has 0 bridgehead atoms. The fraction of sp³-hybridized carbons (Fsp3) is 0.538. The number of rotatable bonds is 2. The van der Waals surface area contributed by atoms with E-state index >= 15 is 0 Å². The first-order chi connectivity index (χ1) is 7.18. The summed E-state index contributed by atoms with van der Waals surface area (Å²) < 4.78 is 0.977. The Balaban J connectivity index is 2.04. The lowest BCUT2D eigenvalue weighted by atomic mass is 10.0. The second-order valence-electron chi connectivity index (χ2n) is 4.97. The van der Waals surface area contributed by atoms with E-state index in [0.29, 0.717) is 0 Å². The van der Waals surface area contributed by atoms with Gasteiger partial charge in [-0.25, -0.2) is 0 Å². The van der Waals surface area contributed by atoms with Crippen molar-refractivity contribution in [2.24, 2.45) is 0 Å². The molecule has 0 radical (unpaired) electrons. The number of hydrogen-bond donors (Lipinski definition) is 1. The normalized spacial score (nSPS) is 31.5. The van der Waals surface area contributed by atoms with Crippen LogP contribution < -0.4 is 0 Å². The molecule has 1 fully saturated rings. The second kappa shape index (κ2) is 4.33. The Labute approximate surface area is 91.7 Å². The Morgan fingerprint density at radius 3 is 2.73 bits per heavy atom. The van der Waals surface area contributed by atoms with Crippen molar-refractivity contribution in [3.63, 3.8) is 0 Å². The number of likely N-dealkylation sites (N-methyl/N-ethyl adjacent to an activating group) is 1. The molecule has 0 aliphatic carbocycles. The standard InChI is InChI=1S/C13H20NO/c1-14(9-5-8-13(15)11-14)10-12-6-3-2-4-7-12/h2-4,6-7,13,15H,5,8-11H2,1H3/q+1/t13-,14?/m1/s1. The monoisotopic (exact) mass is 206 g/mol. The molecule has 2 nitrogen and oxygen atoms in total. The van der Waals surface area contributed by atoms with Crippen LogP contribution in [0.25, 0.3) is 0 Å². The first-order valence-electron chi connectivity index (χ1n) is 5.73. The summed E-state index contributed by atoms with van der Waals surface area (Å²) in [5.41, 5.74) is 1.37. The van der Waals surface area contributed by atoms with Crippen LogP contribution >= 0.6 is 0 Å². The molecule has 1 saturated heterocycles. The van der Waals surface area contributed by atoms with E-state index in [1.54, 1.807) is 0 Å². The maximum atomic E-state index is 9.71. The van der Waals surface area contributed by atoms with Crippen LogP contribution in [0.5, 0.6) is 0 Å². The van der Waals surface area contributed by atoms with E-state index in [4.69, 9.17) is 0 Å². The Kier molecular flexibility index (Phi) is 3.08. The molecule has 0 amide bonds. The lowest BCUT2D eigenvalue weighted by Crippen LogP contribution is -2.52. The molecule has 15 heavy (non-hydrogen) atoms. The topological polar surface area (TPSA) is 20.2 Å². The van der Waals surface area contributed by atoms with E-state index in [0.717, 1.165) is 30.4 Å². The molecule has 1 aliphatic rings. The third kappa shape index (κ3) is 2.80. The van der Waals surface area contributed by atoms with Crippen molar-refractivity contribution in [3.05, 3.63) is 35.9 Å². The zero-order valence-corrected chi connectivity index (χ0v) is 9.39. The van der Waals surface area contributed by atoms with Crippen LogP contribution in [0.1, 0.15) is 18.4 Å². The van der Waals surface area contributed by atoms with Gasteiger partial charge in [0.15, 0.2) is 0 Å². The summed E-state index contributed by atoms with van der Waals surface area (Å²) in [6.45, 7) is 3.12. The van der Waals surface area contributed by atoms with Gasteiger partial charge in [-0.3, -0.25) is 0 Å². The van der Waals surface area contributed by atoms with Crippen molar-refractivity contribution in [1.82, 2.24) is 0 Å². The number of benzene rings is 1. The van der Waals surface area contributed by atoms with Crippen LogP contribution in [0.4, 0.5) is 0 Å². The largest absolute Gasteiger partial charge is 0.387 e.